The number of carboxylic acids is 1. The predicted octanol–water partition coefficient (Wildman–Crippen LogP) is 2.43. The molecular formula is C19H22N4O3. The van der Waals surface area contributed by atoms with Crippen LogP contribution in [0.15, 0.2) is 30.6 Å². The van der Waals surface area contributed by atoms with Crippen LogP contribution in [-0.2, 0) is 4.79 Å². The Balaban J connectivity index is 1.68. The molecule has 0 aromatic carbocycles. The lowest BCUT2D eigenvalue weighted by atomic mass is 9.72. The third-order valence-electron chi connectivity index (χ3n) is 6.14. The van der Waals surface area contributed by atoms with Crippen molar-refractivity contribution in [1.29, 1.82) is 0 Å². The maximum atomic E-state index is 13.3. The molecule has 1 amide bonds. The van der Waals surface area contributed by atoms with Crippen LogP contribution in [0, 0.1) is 12.3 Å². The molecule has 3 atom stereocenters. The van der Waals surface area contributed by atoms with Crippen LogP contribution < -0.4 is 0 Å². The van der Waals surface area contributed by atoms with E-state index >= 15 is 0 Å². The zero-order valence-electron chi connectivity index (χ0n) is 14.9. The van der Waals surface area contributed by atoms with Gasteiger partial charge in [0, 0.05) is 18.3 Å². The van der Waals surface area contributed by atoms with Crippen LogP contribution in [0.4, 0.5) is 0 Å². The molecule has 26 heavy (non-hydrogen) atoms. The summed E-state index contributed by atoms with van der Waals surface area (Å²) in [6.45, 7) is 3.75. The second-order valence-electron chi connectivity index (χ2n) is 7.22. The molecule has 2 saturated heterocycles. The number of carboxylic acid groups (broad SMARTS) is 1. The highest BCUT2D eigenvalue weighted by Crippen LogP contribution is 2.52. The summed E-state index contributed by atoms with van der Waals surface area (Å²) in [6, 6.07) is 5.29. The molecule has 136 valence electrons. The van der Waals surface area contributed by atoms with Gasteiger partial charge in [-0.15, -0.1) is 0 Å². The third kappa shape index (κ3) is 2.19. The Morgan fingerprint density at radius 2 is 2.15 bits per heavy atom. The Kier molecular flexibility index (Phi) is 3.82. The molecule has 7 nitrogen and oxygen atoms in total. The van der Waals surface area contributed by atoms with Gasteiger partial charge in [-0.3, -0.25) is 9.59 Å². The highest BCUT2D eigenvalue weighted by Gasteiger charge is 2.60. The molecule has 0 saturated carbocycles. The Hall–Kier alpha value is -2.70. The van der Waals surface area contributed by atoms with Crippen molar-refractivity contribution in [3.05, 3.63) is 41.9 Å². The van der Waals surface area contributed by atoms with Gasteiger partial charge in [0.15, 0.2) is 5.82 Å². The SMILES string of the molecule is CC[C@@]1(C(=O)O)C[C@@H]2CC[C@H]1N2C(=O)c1cnn(-c2ccccn2)c1C. The first-order valence-corrected chi connectivity index (χ1v) is 9.01. The molecule has 2 fully saturated rings. The molecule has 2 aliphatic heterocycles. The maximum Gasteiger partial charge on any atom is 0.311 e. The Bertz CT molecular complexity index is 863. The molecule has 2 aromatic rings. The van der Waals surface area contributed by atoms with E-state index in [9.17, 15) is 14.7 Å². The smallest absolute Gasteiger partial charge is 0.311 e. The van der Waals surface area contributed by atoms with Gasteiger partial charge in [-0.05, 0) is 44.7 Å². The van der Waals surface area contributed by atoms with Crippen molar-refractivity contribution in [3.63, 3.8) is 0 Å². The van der Waals surface area contributed by atoms with Crippen LogP contribution in [0.5, 0.6) is 0 Å². The fourth-order valence-corrected chi connectivity index (χ4v) is 4.72. The summed E-state index contributed by atoms with van der Waals surface area (Å²) in [5, 5.41) is 14.1. The van der Waals surface area contributed by atoms with E-state index in [1.54, 1.807) is 17.1 Å². The number of aliphatic carboxylic acids is 1. The number of hydrogen-bond donors (Lipinski definition) is 1. The second-order valence-corrected chi connectivity index (χ2v) is 7.22. The van der Waals surface area contributed by atoms with Crippen molar-refractivity contribution in [2.24, 2.45) is 5.41 Å². The first-order chi connectivity index (χ1) is 12.5. The normalized spacial score (nSPS) is 27.1. The minimum Gasteiger partial charge on any atom is -0.481 e. The van der Waals surface area contributed by atoms with Gasteiger partial charge in [0.1, 0.15) is 0 Å². The topological polar surface area (TPSA) is 88.3 Å². The number of amides is 1. The van der Waals surface area contributed by atoms with E-state index in [4.69, 9.17) is 0 Å². The first kappa shape index (κ1) is 16.8. The molecule has 0 radical (unpaired) electrons. The van der Waals surface area contributed by atoms with Gasteiger partial charge >= 0.3 is 5.97 Å². The zero-order valence-corrected chi connectivity index (χ0v) is 14.9. The summed E-state index contributed by atoms with van der Waals surface area (Å²) in [6.07, 6.45) is 5.96. The lowest BCUT2D eigenvalue weighted by molar-refractivity contribution is -0.151. The van der Waals surface area contributed by atoms with Gasteiger partial charge in [0.05, 0.1) is 22.9 Å². The number of nitrogens with zero attached hydrogens (tertiary/aromatic N) is 4. The van der Waals surface area contributed by atoms with E-state index in [0.29, 0.717) is 24.2 Å². The number of fused-ring (bicyclic) bond motifs is 2. The summed E-state index contributed by atoms with van der Waals surface area (Å²) in [4.78, 5) is 31.3. The first-order valence-electron chi connectivity index (χ1n) is 9.01. The molecular weight excluding hydrogens is 332 g/mol. The molecule has 4 rings (SSSR count). The summed E-state index contributed by atoms with van der Waals surface area (Å²) in [7, 11) is 0. The van der Waals surface area contributed by atoms with Crippen molar-refractivity contribution < 1.29 is 14.7 Å². The minimum absolute atomic E-state index is 0.00107. The molecule has 2 bridgehead atoms. The molecule has 4 heterocycles. The largest absolute Gasteiger partial charge is 0.481 e. The van der Waals surface area contributed by atoms with E-state index in [-0.39, 0.29) is 18.0 Å². The van der Waals surface area contributed by atoms with Crippen molar-refractivity contribution in [3.8, 4) is 5.82 Å². The van der Waals surface area contributed by atoms with E-state index in [2.05, 4.69) is 10.1 Å². The van der Waals surface area contributed by atoms with E-state index < -0.39 is 11.4 Å². The number of aromatic nitrogens is 3. The minimum atomic E-state index is -0.816. The zero-order chi connectivity index (χ0) is 18.5. The number of hydrogen-bond acceptors (Lipinski definition) is 4. The van der Waals surface area contributed by atoms with Gasteiger partial charge in [0.25, 0.3) is 5.91 Å². The summed E-state index contributed by atoms with van der Waals surface area (Å²) in [5.74, 6) is -0.249. The van der Waals surface area contributed by atoms with Crippen LogP contribution in [0.1, 0.15) is 48.7 Å². The van der Waals surface area contributed by atoms with Crippen molar-refractivity contribution in [1.82, 2.24) is 19.7 Å². The number of rotatable bonds is 4. The van der Waals surface area contributed by atoms with Crippen LogP contribution in [0.3, 0.4) is 0 Å². The third-order valence-corrected chi connectivity index (χ3v) is 6.14. The van der Waals surface area contributed by atoms with Crippen LogP contribution in [0.2, 0.25) is 0 Å². The number of carbonyl (C=O) groups excluding carboxylic acids is 1. The standard InChI is InChI=1S/C19H22N4O3/c1-3-19(18(25)26)10-13-7-8-15(19)22(13)17(24)14-11-21-23(12(14)2)16-6-4-5-9-20-16/h4-6,9,11,13,15H,3,7-8,10H2,1-2H3,(H,25,26)/t13-,15+,19+/m0/s1. The maximum absolute atomic E-state index is 13.3. The van der Waals surface area contributed by atoms with Gasteiger partial charge in [-0.1, -0.05) is 13.0 Å². The van der Waals surface area contributed by atoms with Crippen molar-refractivity contribution >= 4 is 11.9 Å². The fourth-order valence-electron chi connectivity index (χ4n) is 4.72. The fraction of sp³-hybridized carbons (Fsp3) is 0.474. The monoisotopic (exact) mass is 354 g/mol. The quantitative estimate of drug-likeness (QED) is 0.911. The van der Waals surface area contributed by atoms with Crippen LogP contribution in [0.25, 0.3) is 5.82 Å². The Morgan fingerprint density at radius 1 is 1.35 bits per heavy atom. The summed E-state index contributed by atoms with van der Waals surface area (Å²) >= 11 is 0. The molecule has 7 heteroatoms. The highest BCUT2D eigenvalue weighted by atomic mass is 16.4. The molecule has 0 spiro atoms. The average molecular weight is 354 g/mol. The van der Waals surface area contributed by atoms with Gasteiger partial charge < -0.3 is 10.0 Å². The lowest BCUT2D eigenvalue weighted by Crippen LogP contribution is -2.44. The van der Waals surface area contributed by atoms with Crippen LogP contribution in [-0.4, -0.2) is 48.7 Å². The van der Waals surface area contributed by atoms with Gasteiger partial charge in [0.2, 0.25) is 0 Å². The van der Waals surface area contributed by atoms with Gasteiger partial charge in [-0.2, -0.15) is 5.10 Å². The number of pyridine rings is 1. The molecule has 1 N–H and O–H groups in total. The summed E-state index contributed by atoms with van der Waals surface area (Å²) < 4.78 is 1.65. The van der Waals surface area contributed by atoms with E-state index in [1.807, 2.05) is 36.9 Å². The molecule has 0 aliphatic carbocycles. The molecule has 0 unspecified atom stereocenters. The van der Waals surface area contributed by atoms with Crippen LogP contribution >= 0.6 is 0 Å². The van der Waals surface area contributed by atoms with Gasteiger partial charge in [-0.25, -0.2) is 9.67 Å². The highest BCUT2D eigenvalue weighted by molar-refractivity contribution is 5.97. The molecule has 2 aliphatic rings. The Morgan fingerprint density at radius 3 is 2.77 bits per heavy atom. The second kappa shape index (κ2) is 5.93. The average Bonchev–Trinajstić information content (AvgIpc) is 3.33. The van der Waals surface area contributed by atoms with E-state index in [0.717, 1.165) is 18.5 Å². The van der Waals surface area contributed by atoms with Crippen molar-refractivity contribution in [2.45, 2.75) is 51.6 Å². The predicted molar refractivity (Wildman–Crippen MR) is 94.1 cm³/mol. The van der Waals surface area contributed by atoms with Crippen molar-refractivity contribution in [2.75, 3.05) is 0 Å². The number of carbonyl (C=O) groups is 2. The molecule has 2 aromatic heterocycles. The lowest BCUT2D eigenvalue weighted by Gasteiger charge is -2.32. The van der Waals surface area contributed by atoms with E-state index in [1.165, 1.54) is 0 Å². The Labute approximate surface area is 151 Å². The summed E-state index contributed by atoms with van der Waals surface area (Å²) in [5.41, 5.74) is 0.422.